The van der Waals surface area contributed by atoms with Gasteiger partial charge < -0.3 is 23.8 Å². The summed E-state index contributed by atoms with van der Waals surface area (Å²) in [6, 6.07) is 6.51. The molecule has 6 rings (SSSR count). The molecule has 0 amide bonds. The molecule has 0 spiro atoms. The normalized spacial score (nSPS) is 26.4. The molecule has 1 saturated carbocycles. The van der Waals surface area contributed by atoms with Crippen molar-refractivity contribution in [3.05, 3.63) is 46.5 Å². The predicted molar refractivity (Wildman–Crippen MR) is 115 cm³/mol. The predicted octanol–water partition coefficient (Wildman–Crippen LogP) is 5.03. The topological polar surface area (TPSA) is 40.2 Å². The second-order valence-corrected chi connectivity index (χ2v) is 8.32. The fraction of sp³-hybridized carbons (Fsp3) is 0.440. The molecule has 0 N–H and O–H groups in total. The Morgan fingerprint density at radius 2 is 1.97 bits per heavy atom. The van der Waals surface area contributed by atoms with Crippen molar-refractivity contribution in [1.29, 1.82) is 0 Å². The zero-order chi connectivity index (χ0) is 23.7. The van der Waals surface area contributed by atoms with Gasteiger partial charge in [0.15, 0.2) is 23.0 Å². The molecule has 2 aromatic rings. The molecule has 0 saturated heterocycles. The van der Waals surface area contributed by atoms with Crippen molar-refractivity contribution in [3.63, 3.8) is 0 Å². The number of benzene rings is 2. The molecule has 1 fully saturated rings. The van der Waals surface area contributed by atoms with Gasteiger partial charge in [0.05, 0.1) is 25.6 Å². The third kappa shape index (κ3) is 2.54. The Hall–Kier alpha value is -2.82. The summed E-state index contributed by atoms with van der Waals surface area (Å²) in [5.74, 6) is 1.99. The van der Waals surface area contributed by atoms with Crippen LogP contribution in [-0.4, -0.2) is 32.4 Å². The number of hydrogen-bond acceptors (Lipinski definition) is 5. The summed E-state index contributed by atoms with van der Waals surface area (Å²) in [6.07, 6.45) is 6.73. The maximum atomic E-state index is 10.0. The second-order valence-electron chi connectivity index (χ2n) is 8.32. The van der Waals surface area contributed by atoms with E-state index in [0.29, 0.717) is 23.6 Å². The van der Waals surface area contributed by atoms with Crippen molar-refractivity contribution < 1.29 is 24.4 Å². The third-order valence-electron chi connectivity index (χ3n) is 6.83. The van der Waals surface area contributed by atoms with Crippen LogP contribution in [0.5, 0.6) is 23.0 Å². The molecule has 5 nitrogen and oxygen atoms in total. The average molecular weight is 410 g/mol. The smallest absolute Gasteiger partial charge is 0.231 e. The van der Waals surface area contributed by atoms with Gasteiger partial charge in [0.25, 0.3) is 0 Å². The molecule has 3 aliphatic heterocycles. The van der Waals surface area contributed by atoms with Gasteiger partial charge >= 0.3 is 0 Å². The van der Waals surface area contributed by atoms with Gasteiger partial charge in [0, 0.05) is 23.4 Å². The van der Waals surface area contributed by atoms with Gasteiger partial charge in [-0.05, 0) is 60.6 Å². The maximum absolute atomic E-state index is 10.0. The molecule has 1 aliphatic carbocycles. The van der Waals surface area contributed by atoms with Crippen molar-refractivity contribution in [3.8, 4) is 23.0 Å². The van der Waals surface area contributed by atoms with Crippen LogP contribution in [0.25, 0.3) is 11.8 Å². The lowest BCUT2D eigenvalue weighted by atomic mass is 9.80. The molecule has 0 unspecified atom stereocenters. The number of rotatable bonds is 3. The fourth-order valence-corrected chi connectivity index (χ4v) is 5.46. The molecule has 156 valence electrons. The van der Waals surface area contributed by atoms with E-state index >= 15 is 0 Å². The monoisotopic (exact) mass is 409 g/mol. The lowest BCUT2D eigenvalue weighted by molar-refractivity contribution is 0.174. The molecule has 0 radical (unpaired) electrons. The van der Waals surface area contributed by atoms with Gasteiger partial charge in [-0.15, -0.1) is 0 Å². The molecular formula is C25H27NO4. The second kappa shape index (κ2) is 6.86. The van der Waals surface area contributed by atoms with E-state index in [9.17, 15) is 1.37 Å². The van der Waals surface area contributed by atoms with Crippen molar-refractivity contribution in [2.24, 2.45) is 5.92 Å². The van der Waals surface area contributed by atoms with Gasteiger partial charge in [-0.3, -0.25) is 0 Å². The Morgan fingerprint density at radius 1 is 1.13 bits per heavy atom. The highest BCUT2D eigenvalue weighted by Gasteiger charge is 2.41. The maximum Gasteiger partial charge on any atom is 0.231 e. The minimum Gasteiger partial charge on any atom is -0.493 e. The lowest BCUT2D eigenvalue weighted by Crippen LogP contribution is -2.38. The van der Waals surface area contributed by atoms with Crippen LogP contribution in [0.3, 0.4) is 0 Å². The van der Waals surface area contributed by atoms with E-state index in [2.05, 4.69) is 4.90 Å². The summed E-state index contributed by atoms with van der Waals surface area (Å²) >= 11 is 0. The SMILES string of the molecule is [2H]C([2H])([2H])Oc1c(OC)ccc2c1[C@]([2H])(C1CCCC1)N1CCc3cc4c(cc3C1=C2)OCO4. The molecule has 0 bridgehead atoms. The van der Waals surface area contributed by atoms with Crippen molar-refractivity contribution in [2.45, 2.75) is 38.1 Å². The first-order valence-electron chi connectivity index (χ1n) is 12.6. The van der Waals surface area contributed by atoms with E-state index in [-0.39, 0.29) is 18.5 Å². The summed E-state index contributed by atoms with van der Waals surface area (Å²) in [4.78, 5) is 2.14. The molecule has 2 aromatic carbocycles. The van der Waals surface area contributed by atoms with Crippen LogP contribution in [0.2, 0.25) is 0 Å². The van der Waals surface area contributed by atoms with Crippen LogP contribution in [0.15, 0.2) is 24.3 Å². The van der Waals surface area contributed by atoms with E-state index in [0.717, 1.165) is 60.2 Å². The molecular weight excluding hydrogens is 378 g/mol. The molecule has 3 heterocycles. The molecule has 5 heteroatoms. The molecule has 4 aliphatic rings. The van der Waals surface area contributed by atoms with Crippen LogP contribution in [-0.2, 0) is 6.42 Å². The number of ether oxygens (including phenoxy) is 4. The fourth-order valence-electron chi connectivity index (χ4n) is 5.46. The summed E-state index contributed by atoms with van der Waals surface area (Å²) < 4.78 is 55.7. The first-order chi connectivity index (χ1) is 16.3. The number of fused-ring (bicyclic) bond motifs is 5. The summed E-state index contributed by atoms with van der Waals surface area (Å²) in [5, 5.41) is 0. The molecule has 0 aromatic heterocycles. The Labute approximate surface area is 182 Å². The molecule has 30 heavy (non-hydrogen) atoms. The zero-order valence-corrected chi connectivity index (χ0v) is 17.0. The van der Waals surface area contributed by atoms with Gasteiger partial charge in [0.1, 0.15) is 0 Å². The first kappa shape index (κ1) is 14.2. The highest BCUT2D eigenvalue weighted by molar-refractivity contribution is 5.88. The van der Waals surface area contributed by atoms with Gasteiger partial charge in [-0.1, -0.05) is 18.9 Å². The third-order valence-corrected chi connectivity index (χ3v) is 6.83. The van der Waals surface area contributed by atoms with Crippen LogP contribution < -0.4 is 18.9 Å². The summed E-state index contributed by atoms with van der Waals surface area (Å²) in [5.41, 5.74) is 4.53. The minimum absolute atomic E-state index is 0.0385. The van der Waals surface area contributed by atoms with Crippen molar-refractivity contribution in [2.75, 3.05) is 27.5 Å². The van der Waals surface area contributed by atoms with Gasteiger partial charge in [0.2, 0.25) is 6.79 Å². The van der Waals surface area contributed by atoms with Crippen molar-refractivity contribution in [1.82, 2.24) is 4.90 Å². The standard InChI is InChI=1S/C25H27NO4/c1-27-20-8-7-17-11-19-18-13-22-21(29-14-30-22)12-16(18)9-10-26(19)24(15-5-3-4-6-15)23(17)25(20)28-2/h7-8,11-13,15,24H,3-6,9-10,14H2,1-2H3/t24-/m0/s1/i2D3,24D. The first-order valence-corrected chi connectivity index (χ1v) is 10.6. The van der Waals surface area contributed by atoms with E-state index in [1.54, 1.807) is 6.07 Å². The minimum atomic E-state index is -2.66. The van der Waals surface area contributed by atoms with E-state index in [4.69, 9.17) is 23.1 Å². The lowest BCUT2D eigenvalue weighted by Gasteiger charge is -2.46. The zero-order valence-electron chi connectivity index (χ0n) is 21.0. The number of hydrogen-bond donors (Lipinski definition) is 0. The Bertz CT molecular complexity index is 1190. The molecule has 1 atom stereocenters. The van der Waals surface area contributed by atoms with Crippen LogP contribution >= 0.6 is 0 Å². The van der Waals surface area contributed by atoms with Crippen LogP contribution in [0, 0.1) is 5.92 Å². The van der Waals surface area contributed by atoms with Gasteiger partial charge in [-0.25, -0.2) is 0 Å². The number of nitrogens with zero attached hydrogens (tertiary/aromatic N) is 1. The Balaban J connectivity index is 1.60. The van der Waals surface area contributed by atoms with Crippen LogP contribution in [0.4, 0.5) is 0 Å². The summed E-state index contributed by atoms with van der Waals surface area (Å²) in [6.45, 7) is 0.853. The van der Waals surface area contributed by atoms with E-state index in [1.165, 1.54) is 7.11 Å². The van der Waals surface area contributed by atoms with Crippen molar-refractivity contribution >= 4 is 11.8 Å². The number of methoxy groups -OCH3 is 2. The van der Waals surface area contributed by atoms with E-state index in [1.807, 2.05) is 24.3 Å². The quantitative estimate of drug-likeness (QED) is 0.711. The van der Waals surface area contributed by atoms with E-state index < -0.39 is 13.1 Å². The largest absolute Gasteiger partial charge is 0.493 e. The highest BCUT2D eigenvalue weighted by atomic mass is 16.7. The Morgan fingerprint density at radius 3 is 2.77 bits per heavy atom. The average Bonchev–Trinajstić information content (AvgIpc) is 3.49. The van der Waals surface area contributed by atoms with Crippen LogP contribution in [0.1, 0.15) is 59.4 Å². The highest BCUT2D eigenvalue weighted by Crippen LogP contribution is 2.54. The summed E-state index contributed by atoms with van der Waals surface area (Å²) in [7, 11) is -1.16. The van der Waals surface area contributed by atoms with Gasteiger partial charge in [-0.2, -0.15) is 0 Å². The Kier molecular flexibility index (Phi) is 3.26.